The van der Waals surface area contributed by atoms with Crippen LogP contribution in [0.3, 0.4) is 0 Å². The molecule has 108 valence electrons. The van der Waals surface area contributed by atoms with Gasteiger partial charge in [0.1, 0.15) is 6.07 Å². The minimum absolute atomic E-state index is 0.205. The van der Waals surface area contributed by atoms with Crippen LogP contribution in [0.1, 0.15) is 23.4 Å². The van der Waals surface area contributed by atoms with Gasteiger partial charge in [0, 0.05) is 31.9 Å². The van der Waals surface area contributed by atoms with Gasteiger partial charge in [0.25, 0.3) is 0 Å². The van der Waals surface area contributed by atoms with Gasteiger partial charge < -0.3 is 10.0 Å². The fourth-order valence-electron chi connectivity index (χ4n) is 2.77. The molecule has 0 unspecified atom stereocenters. The van der Waals surface area contributed by atoms with Gasteiger partial charge in [-0.15, -0.1) is 0 Å². The number of β-amino-alcohol motifs (C(OH)–C–C–N with tert-alkyl or cyclic N) is 1. The number of aliphatic hydroxyl groups excluding tert-OH is 1. The van der Waals surface area contributed by atoms with Gasteiger partial charge in [-0.05, 0) is 32.9 Å². The number of nitrogens with zero attached hydrogens (tertiary/aromatic N) is 4. The maximum atomic E-state index is 9.37. The second-order valence-corrected chi connectivity index (χ2v) is 5.26. The molecule has 1 saturated heterocycles. The summed E-state index contributed by atoms with van der Waals surface area (Å²) in [5, 5.41) is 18.4. The first-order chi connectivity index (χ1) is 9.65. The molecular weight excluding hydrogens is 252 g/mol. The summed E-state index contributed by atoms with van der Waals surface area (Å²) in [6.45, 7) is 8.55. The number of rotatable bonds is 3. The molecule has 0 spiro atoms. The molecule has 0 amide bonds. The molecule has 1 aliphatic heterocycles. The molecule has 1 fully saturated rings. The van der Waals surface area contributed by atoms with E-state index in [1.807, 2.05) is 19.9 Å². The summed E-state index contributed by atoms with van der Waals surface area (Å²) in [4.78, 5) is 8.92. The fourth-order valence-corrected chi connectivity index (χ4v) is 2.77. The quantitative estimate of drug-likeness (QED) is 0.893. The first-order valence-electron chi connectivity index (χ1n) is 7.12. The van der Waals surface area contributed by atoms with Gasteiger partial charge in [0.2, 0.25) is 0 Å². The zero-order valence-electron chi connectivity index (χ0n) is 12.3. The first-order valence-corrected chi connectivity index (χ1v) is 7.12. The van der Waals surface area contributed by atoms with Crippen LogP contribution in [0.4, 0.5) is 5.69 Å². The number of anilines is 1. The molecule has 1 aliphatic rings. The molecule has 0 bridgehead atoms. The van der Waals surface area contributed by atoms with Crippen LogP contribution in [0.15, 0.2) is 6.07 Å². The topological polar surface area (TPSA) is 63.4 Å². The molecular formula is C15H22N4O. The van der Waals surface area contributed by atoms with Crippen LogP contribution in [-0.2, 0) is 0 Å². The van der Waals surface area contributed by atoms with E-state index in [0.717, 1.165) is 56.2 Å². The lowest BCUT2D eigenvalue weighted by molar-refractivity contribution is 0.204. The van der Waals surface area contributed by atoms with E-state index >= 15 is 0 Å². The molecule has 0 aliphatic carbocycles. The highest BCUT2D eigenvalue weighted by Gasteiger charge is 2.18. The van der Waals surface area contributed by atoms with Crippen LogP contribution in [0.2, 0.25) is 0 Å². The molecule has 1 aromatic rings. The van der Waals surface area contributed by atoms with Crippen molar-refractivity contribution in [2.45, 2.75) is 20.3 Å². The van der Waals surface area contributed by atoms with Gasteiger partial charge in [-0.2, -0.15) is 5.26 Å². The smallest absolute Gasteiger partial charge is 0.103 e. The summed E-state index contributed by atoms with van der Waals surface area (Å²) >= 11 is 0. The van der Waals surface area contributed by atoms with E-state index in [0.29, 0.717) is 5.56 Å². The number of aliphatic hydroxyl groups is 1. The number of pyridine rings is 1. The Balaban J connectivity index is 2.22. The number of hydrogen-bond acceptors (Lipinski definition) is 5. The SMILES string of the molecule is Cc1cc(N2CCCN(CCO)CC2)c(C#N)c(C)n1. The third kappa shape index (κ3) is 3.27. The molecule has 2 heterocycles. The van der Waals surface area contributed by atoms with E-state index in [2.05, 4.69) is 20.9 Å². The van der Waals surface area contributed by atoms with E-state index < -0.39 is 0 Å². The molecule has 1 N–H and O–H groups in total. The molecule has 0 atom stereocenters. The third-order valence-electron chi connectivity index (χ3n) is 3.76. The summed E-state index contributed by atoms with van der Waals surface area (Å²) in [7, 11) is 0. The molecule has 0 radical (unpaired) electrons. The van der Waals surface area contributed by atoms with Gasteiger partial charge in [0.05, 0.1) is 23.6 Å². The summed E-state index contributed by atoms with van der Waals surface area (Å²) in [5.74, 6) is 0. The van der Waals surface area contributed by atoms with Crippen LogP contribution in [0.5, 0.6) is 0 Å². The Morgan fingerprint density at radius 2 is 2.10 bits per heavy atom. The third-order valence-corrected chi connectivity index (χ3v) is 3.76. The van der Waals surface area contributed by atoms with E-state index in [-0.39, 0.29) is 6.61 Å². The van der Waals surface area contributed by atoms with Crippen LogP contribution in [0.25, 0.3) is 0 Å². The maximum absolute atomic E-state index is 9.37. The Kier molecular flexibility index (Phi) is 4.94. The highest BCUT2D eigenvalue weighted by Crippen LogP contribution is 2.24. The Morgan fingerprint density at radius 3 is 2.80 bits per heavy atom. The Bertz CT molecular complexity index is 509. The second kappa shape index (κ2) is 6.69. The highest BCUT2D eigenvalue weighted by atomic mass is 16.3. The molecule has 20 heavy (non-hydrogen) atoms. The van der Waals surface area contributed by atoms with Crippen molar-refractivity contribution < 1.29 is 5.11 Å². The predicted octanol–water partition coefficient (Wildman–Crippen LogP) is 1.07. The number of hydrogen-bond donors (Lipinski definition) is 1. The second-order valence-electron chi connectivity index (χ2n) is 5.26. The fraction of sp³-hybridized carbons (Fsp3) is 0.600. The molecule has 0 saturated carbocycles. The average molecular weight is 274 g/mol. The maximum Gasteiger partial charge on any atom is 0.103 e. The van der Waals surface area contributed by atoms with Gasteiger partial charge in [-0.3, -0.25) is 9.88 Å². The van der Waals surface area contributed by atoms with Crippen molar-refractivity contribution in [1.29, 1.82) is 5.26 Å². The van der Waals surface area contributed by atoms with E-state index in [1.165, 1.54) is 0 Å². The molecule has 2 rings (SSSR count). The van der Waals surface area contributed by atoms with Crippen molar-refractivity contribution >= 4 is 5.69 Å². The first kappa shape index (κ1) is 14.8. The van der Waals surface area contributed by atoms with Gasteiger partial charge >= 0.3 is 0 Å². The lowest BCUT2D eigenvalue weighted by Gasteiger charge is -2.25. The van der Waals surface area contributed by atoms with Crippen molar-refractivity contribution in [3.05, 3.63) is 23.0 Å². The summed E-state index contributed by atoms with van der Waals surface area (Å²) in [5.41, 5.74) is 3.45. The number of nitriles is 1. The summed E-state index contributed by atoms with van der Waals surface area (Å²) in [6, 6.07) is 4.29. The van der Waals surface area contributed by atoms with Crippen LogP contribution < -0.4 is 4.90 Å². The Hall–Kier alpha value is -1.64. The predicted molar refractivity (Wildman–Crippen MR) is 78.8 cm³/mol. The lowest BCUT2D eigenvalue weighted by atomic mass is 10.1. The minimum Gasteiger partial charge on any atom is -0.395 e. The summed E-state index contributed by atoms with van der Waals surface area (Å²) < 4.78 is 0. The lowest BCUT2D eigenvalue weighted by Crippen LogP contribution is -2.32. The minimum atomic E-state index is 0.205. The monoisotopic (exact) mass is 274 g/mol. The number of aromatic nitrogens is 1. The van der Waals surface area contributed by atoms with Crippen LogP contribution >= 0.6 is 0 Å². The number of aryl methyl sites for hydroxylation is 2. The molecule has 1 aromatic heterocycles. The normalized spacial score (nSPS) is 16.8. The zero-order valence-corrected chi connectivity index (χ0v) is 12.3. The van der Waals surface area contributed by atoms with E-state index in [1.54, 1.807) is 0 Å². The van der Waals surface area contributed by atoms with Gasteiger partial charge in [0.15, 0.2) is 0 Å². The highest BCUT2D eigenvalue weighted by molar-refractivity contribution is 5.61. The average Bonchev–Trinajstić information content (AvgIpc) is 2.64. The Labute approximate surface area is 120 Å². The van der Waals surface area contributed by atoms with Crippen LogP contribution in [-0.4, -0.2) is 54.3 Å². The van der Waals surface area contributed by atoms with E-state index in [9.17, 15) is 5.26 Å². The van der Waals surface area contributed by atoms with Gasteiger partial charge in [-0.1, -0.05) is 0 Å². The largest absolute Gasteiger partial charge is 0.395 e. The van der Waals surface area contributed by atoms with Gasteiger partial charge in [-0.25, -0.2) is 0 Å². The molecule has 5 nitrogen and oxygen atoms in total. The van der Waals surface area contributed by atoms with Crippen molar-refractivity contribution in [3.8, 4) is 6.07 Å². The summed E-state index contributed by atoms with van der Waals surface area (Å²) in [6.07, 6.45) is 1.05. The van der Waals surface area contributed by atoms with Crippen LogP contribution in [0, 0.1) is 25.2 Å². The molecule has 5 heteroatoms. The zero-order chi connectivity index (χ0) is 14.5. The standard InChI is InChI=1S/C15H22N4O/c1-12-10-15(14(11-16)13(2)17-12)19-5-3-4-18(6-7-19)8-9-20/h10,20H,3-9H2,1-2H3. The van der Waals surface area contributed by atoms with E-state index in [4.69, 9.17) is 5.11 Å². The van der Waals surface area contributed by atoms with Crippen molar-refractivity contribution in [3.63, 3.8) is 0 Å². The molecule has 0 aromatic carbocycles. The van der Waals surface area contributed by atoms with Crippen molar-refractivity contribution in [2.24, 2.45) is 0 Å². The van der Waals surface area contributed by atoms with Crippen molar-refractivity contribution in [2.75, 3.05) is 44.2 Å². The Morgan fingerprint density at radius 1 is 1.30 bits per heavy atom. The van der Waals surface area contributed by atoms with Crippen molar-refractivity contribution in [1.82, 2.24) is 9.88 Å².